The van der Waals surface area contributed by atoms with Crippen LogP contribution in [0.1, 0.15) is 102 Å². The molecule has 34 nitrogen and oxygen atoms in total. The number of carbonyl (C=O) groups excluding carboxylic acids is 8. The zero-order valence-electron chi connectivity index (χ0n) is 58.5. The molecule has 0 aliphatic carbocycles. The minimum absolute atomic E-state index is 0.0102. The van der Waals surface area contributed by atoms with Crippen LogP contribution in [0.2, 0.25) is 0 Å². The van der Waals surface area contributed by atoms with Crippen LogP contribution >= 0.6 is 0 Å². The zero-order chi connectivity index (χ0) is 73.2. The molecule has 6 heterocycles. The standard InChI is InChI=1S/C68H100N10O24/c1-4-68(48-38-53-61-46(41-78(53)64(86)47(48)42-99-67(68)89)36-45-37-54-55(101-43-100-54)39-50(45)75-61)102-66(88)60(44(2)3)76-63(85)52-9-7-17-77(52)65(87)51(40-59(82)83)74-58(81)12-20-92-26-32-98-35-29-95-23-16-72-62(84)49(73-57(80)11-19-91-25-31-97-34-28-94-22-14-70)8-5-6-15-71-56(79)10-18-90-24-30-96-33-27-93-21-13-69/h36-39,44,49,51-52,60H,4-35,40-43,69-70H2,1-3H3,(H,71,79)(H,72,84)(H,73,80)(H,74,81)(H,76,85)(H,82,83)/t49-,51-,52-,60-,68-/m0/s1. The Morgan fingerprint density at radius 3 is 1.79 bits per heavy atom. The van der Waals surface area contributed by atoms with Crippen molar-refractivity contribution in [3.05, 3.63) is 51.3 Å². The van der Waals surface area contributed by atoms with E-state index in [0.717, 1.165) is 10.9 Å². The third kappa shape index (κ3) is 24.6. The number of ether oxygens (including phenoxy) is 13. The van der Waals surface area contributed by atoms with Crippen LogP contribution in [-0.4, -0.2) is 256 Å². The Hall–Kier alpha value is -8.03. The molecule has 34 heteroatoms. The Kier molecular flexibility index (Phi) is 34.4. The Morgan fingerprint density at radius 1 is 0.657 bits per heavy atom. The number of cyclic esters (lactones) is 1. The van der Waals surface area contributed by atoms with Crippen molar-refractivity contribution in [3.8, 4) is 22.9 Å². The smallest absolute Gasteiger partial charge is 0.355 e. The van der Waals surface area contributed by atoms with Gasteiger partial charge in [0.2, 0.25) is 47.8 Å². The summed E-state index contributed by atoms with van der Waals surface area (Å²) < 4.78 is 73.4. The maximum atomic E-state index is 14.4. The highest BCUT2D eigenvalue weighted by atomic mass is 16.7. The SMILES string of the molecule is CC[C@@]1(OC(=O)[C@@H](NC(=O)[C@@H]2CCCN2C(=O)[C@H](CC(=O)O)NC(=O)CCOCCOCCOCCNC(=O)[C@H](CCCCNC(=O)CCOCCOCCOCCN)NC(=O)CCOCCOCCOCCN)C(C)C)C(=O)OCc2c1cc1n(c2=O)Cc2cc3cc4c(cc3nc2-1)OCO4. The van der Waals surface area contributed by atoms with Crippen LogP contribution in [0.25, 0.3) is 22.3 Å². The Balaban J connectivity index is 0.796. The van der Waals surface area contributed by atoms with Gasteiger partial charge in [-0.05, 0) is 62.6 Å². The number of rotatable bonds is 51. The second kappa shape index (κ2) is 43.2. The minimum atomic E-state index is -2.11. The summed E-state index contributed by atoms with van der Waals surface area (Å²) >= 11 is 0. The Morgan fingerprint density at radius 2 is 1.22 bits per heavy atom. The topological polar surface area (TPSA) is 444 Å². The van der Waals surface area contributed by atoms with E-state index in [2.05, 4.69) is 26.6 Å². The van der Waals surface area contributed by atoms with Crippen molar-refractivity contribution in [1.29, 1.82) is 0 Å². The Labute approximate surface area is 591 Å². The molecule has 0 bridgehead atoms. The zero-order valence-corrected chi connectivity index (χ0v) is 58.5. The summed E-state index contributed by atoms with van der Waals surface area (Å²) in [5, 5.41) is 24.2. The molecule has 2 aromatic heterocycles. The number of pyridine rings is 2. The van der Waals surface area contributed by atoms with E-state index in [9.17, 15) is 53.1 Å². The molecule has 10 N–H and O–H groups in total. The molecule has 4 aliphatic heterocycles. The van der Waals surface area contributed by atoms with Crippen molar-refractivity contribution in [3.63, 3.8) is 0 Å². The van der Waals surface area contributed by atoms with Gasteiger partial charge >= 0.3 is 17.9 Å². The van der Waals surface area contributed by atoms with Gasteiger partial charge in [0, 0.05) is 74.6 Å². The number of carboxylic acids is 1. The minimum Gasteiger partial charge on any atom is -0.481 e. The van der Waals surface area contributed by atoms with Gasteiger partial charge in [0.25, 0.3) is 5.56 Å². The van der Waals surface area contributed by atoms with Crippen molar-refractivity contribution < 1.29 is 110 Å². The van der Waals surface area contributed by atoms with Crippen LogP contribution in [0.3, 0.4) is 0 Å². The predicted octanol–water partition coefficient (Wildman–Crippen LogP) is -0.425. The molecule has 4 aliphatic rings. The van der Waals surface area contributed by atoms with Gasteiger partial charge in [0.15, 0.2) is 11.5 Å². The number of unbranched alkanes of at least 4 members (excludes halogenated alkanes) is 1. The number of hydrogen-bond acceptors (Lipinski definition) is 26. The average Bonchev–Trinajstić information content (AvgIpc) is 1.45. The van der Waals surface area contributed by atoms with Gasteiger partial charge in [-0.3, -0.25) is 38.4 Å². The number of aromatic nitrogens is 2. The summed E-state index contributed by atoms with van der Waals surface area (Å²) in [5.41, 5.74) is 10.6. The summed E-state index contributed by atoms with van der Waals surface area (Å²) in [6.07, 6.45) is 0.794. The number of benzene rings is 1. The molecule has 1 aromatic carbocycles. The monoisotopic (exact) mass is 1440 g/mol. The summed E-state index contributed by atoms with van der Waals surface area (Å²) in [6.45, 7) is 10.8. The number of nitrogens with two attached hydrogens (primary N) is 2. The molecule has 0 spiro atoms. The lowest BCUT2D eigenvalue weighted by molar-refractivity contribution is -0.191. The number of fused-ring (bicyclic) bond motifs is 6. The fourth-order valence-corrected chi connectivity index (χ4v) is 11.6. The first-order valence-corrected chi connectivity index (χ1v) is 34.9. The van der Waals surface area contributed by atoms with E-state index in [0.29, 0.717) is 133 Å². The molecule has 102 heavy (non-hydrogen) atoms. The fraction of sp³-hybridized carbons (Fsp3) is 0.662. The van der Waals surface area contributed by atoms with Gasteiger partial charge in [0.1, 0.15) is 30.8 Å². The third-order valence-corrected chi connectivity index (χ3v) is 16.9. The van der Waals surface area contributed by atoms with Crippen LogP contribution < -0.4 is 53.1 Å². The van der Waals surface area contributed by atoms with Gasteiger partial charge in [0.05, 0.1) is 154 Å². The van der Waals surface area contributed by atoms with Gasteiger partial charge in [-0.2, -0.15) is 0 Å². The number of nitrogens with zero attached hydrogens (tertiary/aromatic N) is 3. The van der Waals surface area contributed by atoms with Crippen LogP contribution in [0.5, 0.6) is 11.5 Å². The summed E-state index contributed by atoms with van der Waals surface area (Å²) in [4.78, 5) is 141. The lowest BCUT2D eigenvalue weighted by Crippen LogP contribution is -2.57. The van der Waals surface area contributed by atoms with E-state index in [1.807, 2.05) is 12.1 Å². The largest absolute Gasteiger partial charge is 0.481 e. The maximum Gasteiger partial charge on any atom is 0.355 e. The number of aliphatic carboxylic acids is 1. The summed E-state index contributed by atoms with van der Waals surface area (Å²) in [6, 6.07) is 2.07. The number of amides is 6. The molecule has 566 valence electrons. The quantitative estimate of drug-likeness (QED) is 0.0205. The lowest BCUT2D eigenvalue weighted by atomic mass is 9.85. The van der Waals surface area contributed by atoms with Crippen molar-refractivity contribution in [2.75, 3.05) is 158 Å². The Bertz CT molecular complexity index is 3340. The van der Waals surface area contributed by atoms with Gasteiger partial charge in [-0.15, -0.1) is 0 Å². The molecule has 1 saturated heterocycles. The molecule has 1 fully saturated rings. The number of carboxylic acid groups (broad SMARTS) is 1. The van der Waals surface area contributed by atoms with Crippen LogP contribution in [0.4, 0.5) is 0 Å². The molecule has 3 aromatic rings. The molecule has 0 radical (unpaired) electrons. The van der Waals surface area contributed by atoms with E-state index in [1.54, 1.807) is 32.9 Å². The number of hydrogen-bond donors (Lipinski definition) is 8. The molecular formula is C68H100N10O24. The van der Waals surface area contributed by atoms with Crippen molar-refractivity contribution in [2.24, 2.45) is 17.4 Å². The average molecular weight is 1440 g/mol. The second-order valence-electron chi connectivity index (χ2n) is 24.6. The first-order chi connectivity index (χ1) is 49.4. The van der Waals surface area contributed by atoms with Crippen LogP contribution in [0, 0.1) is 5.92 Å². The maximum absolute atomic E-state index is 14.4. The van der Waals surface area contributed by atoms with Crippen molar-refractivity contribution in [2.45, 2.75) is 128 Å². The number of likely N-dealkylation sites (tertiary alicyclic amines) is 1. The first kappa shape index (κ1) is 81.3. The fourth-order valence-electron chi connectivity index (χ4n) is 11.6. The van der Waals surface area contributed by atoms with E-state index >= 15 is 0 Å². The predicted molar refractivity (Wildman–Crippen MR) is 361 cm³/mol. The van der Waals surface area contributed by atoms with E-state index in [-0.39, 0.29) is 148 Å². The van der Waals surface area contributed by atoms with Gasteiger partial charge in [-0.1, -0.05) is 20.8 Å². The molecule has 6 amide bonds. The molecule has 7 rings (SSSR count). The van der Waals surface area contributed by atoms with Crippen LogP contribution in [-0.2, 0) is 114 Å². The molecule has 0 unspecified atom stereocenters. The van der Waals surface area contributed by atoms with Gasteiger partial charge in [-0.25, -0.2) is 14.6 Å². The molecule has 5 atom stereocenters. The van der Waals surface area contributed by atoms with E-state index in [4.69, 9.17) is 78.0 Å². The molecule has 0 saturated carbocycles. The highest BCUT2D eigenvalue weighted by Gasteiger charge is 2.52. The highest BCUT2D eigenvalue weighted by molar-refractivity contribution is 5.96. The third-order valence-electron chi connectivity index (χ3n) is 16.9. The first-order valence-electron chi connectivity index (χ1n) is 34.9. The number of carbonyl (C=O) groups is 9. The number of nitrogens with one attached hydrogen (secondary N) is 5. The summed E-state index contributed by atoms with van der Waals surface area (Å²) in [7, 11) is 0. The number of esters is 2. The second-order valence-corrected chi connectivity index (χ2v) is 24.6. The lowest BCUT2D eigenvalue weighted by Gasteiger charge is -2.37. The van der Waals surface area contributed by atoms with E-state index < -0.39 is 89.2 Å². The highest BCUT2D eigenvalue weighted by Crippen LogP contribution is 2.43. The summed E-state index contributed by atoms with van der Waals surface area (Å²) in [5.74, 6) is -6.15. The van der Waals surface area contributed by atoms with E-state index in [1.165, 1.54) is 9.47 Å². The molecular weight excluding hydrogens is 1340 g/mol. The van der Waals surface area contributed by atoms with Crippen molar-refractivity contribution >= 4 is 64.3 Å². The van der Waals surface area contributed by atoms with Crippen LogP contribution in [0.15, 0.2) is 29.1 Å². The normalized spacial score (nSPS) is 16.5. The van der Waals surface area contributed by atoms with Crippen molar-refractivity contribution in [1.82, 2.24) is 41.0 Å². The van der Waals surface area contributed by atoms with Gasteiger partial charge < -0.3 is 114 Å².